The molecule has 2 aromatic rings. The number of hydrogen-bond donors (Lipinski definition) is 1. The Morgan fingerprint density at radius 1 is 1.31 bits per heavy atom. The fraction of sp³-hybridized carbons (Fsp3) is 0.520. The summed E-state index contributed by atoms with van der Waals surface area (Å²) in [5.74, 6) is -0.0109. The lowest BCUT2D eigenvalue weighted by atomic mass is 9.91. The van der Waals surface area contributed by atoms with Gasteiger partial charge < -0.3 is 10.1 Å². The lowest BCUT2D eigenvalue weighted by Crippen LogP contribution is -2.58. The first kappa shape index (κ1) is 23.4. The van der Waals surface area contributed by atoms with Crippen molar-refractivity contribution in [1.82, 2.24) is 15.2 Å². The Morgan fingerprint density at radius 3 is 2.72 bits per heavy atom. The third kappa shape index (κ3) is 5.42. The zero-order chi connectivity index (χ0) is 22.7. The highest BCUT2D eigenvalue weighted by Gasteiger charge is 2.37. The maximum Gasteiger partial charge on any atom is 0.250 e. The maximum absolute atomic E-state index is 12.5. The van der Waals surface area contributed by atoms with Crippen LogP contribution in [0, 0.1) is 13.8 Å². The number of aryl methyl sites for hydroxylation is 2. The second-order valence-corrected chi connectivity index (χ2v) is 10.4. The summed E-state index contributed by atoms with van der Waals surface area (Å²) < 4.78 is 6.02. The number of allylic oxidation sites excluding steroid dienone is 1. The first-order valence-electron chi connectivity index (χ1n) is 11.5. The predicted octanol–water partition coefficient (Wildman–Crippen LogP) is 4.80. The zero-order valence-electron chi connectivity index (χ0n) is 19.1. The number of ether oxygens (including phenoxy) is 1. The van der Waals surface area contributed by atoms with Gasteiger partial charge >= 0.3 is 0 Å². The topological polar surface area (TPSA) is 54.5 Å². The number of morpholine rings is 1. The quantitative estimate of drug-likeness (QED) is 0.654. The summed E-state index contributed by atoms with van der Waals surface area (Å²) in [6.45, 7) is 7.97. The van der Waals surface area contributed by atoms with Crippen molar-refractivity contribution < 1.29 is 9.53 Å². The summed E-state index contributed by atoms with van der Waals surface area (Å²) in [5, 5.41) is 4.84. The highest BCUT2D eigenvalue weighted by molar-refractivity contribution is 7.12. The van der Waals surface area contributed by atoms with Gasteiger partial charge in [-0.15, -0.1) is 11.3 Å². The molecule has 32 heavy (non-hydrogen) atoms. The number of hydrogen-bond acceptors (Lipinski definition) is 5. The molecular formula is C25H32ClN3O2S. The molecule has 0 bridgehead atoms. The molecule has 1 aliphatic heterocycles. The van der Waals surface area contributed by atoms with E-state index in [0.717, 1.165) is 36.4 Å². The van der Waals surface area contributed by atoms with Crippen LogP contribution >= 0.6 is 22.9 Å². The van der Waals surface area contributed by atoms with Crippen molar-refractivity contribution in [1.29, 1.82) is 0 Å². The largest absolute Gasteiger partial charge is 0.365 e. The highest BCUT2D eigenvalue weighted by atomic mass is 35.5. The highest BCUT2D eigenvalue weighted by Crippen LogP contribution is 2.34. The third-order valence-electron chi connectivity index (χ3n) is 6.52. The molecule has 1 aromatic heterocycles. The van der Waals surface area contributed by atoms with Crippen LogP contribution in [-0.4, -0.2) is 53.7 Å². The minimum absolute atomic E-state index is 0.0109. The molecular weight excluding hydrogens is 442 g/mol. The normalized spacial score (nSPS) is 24.2. The summed E-state index contributed by atoms with van der Waals surface area (Å²) in [4.78, 5) is 21.1. The van der Waals surface area contributed by atoms with E-state index in [0.29, 0.717) is 25.7 Å². The molecule has 1 fully saturated rings. The molecule has 2 aliphatic rings. The Balaban J connectivity index is 1.50. The summed E-state index contributed by atoms with van der Waals surface area (Å²) in [7, 11) is 0. The van der Waals surface area contributed by atoms with Crippen molar-refractivity contribution in [2.75, 3.05) is 19.7 Å². The number of aromatic nitrogens is 1. The molecule has 0 spiro atoms. The van der Waals surface area contributed by atoms with Crippen LogP contribution in [-0.2, 0) is 16.0 Å². The minimum Gasteiger partial charge on any atom is -0.365 e. The molecule has 4 rings (SSSR count). The van der Waals surface area contributed by atoms with Gasteiger partial charge in [0.1, 0.15) is 11.1 Å². The van der Waals surface area contributed by atoms with Crippen LogP contribution in [0.3, 0.4) is 0 Å². The van der Waals surface area contributed by atoms with Gasteiger partial charge in [-0.1, -0.05) is 29.8 Å². The predicted molar refractivity (Wildman–Crippen MR) is 131 cm³/mol. The maximum atomic E-state index is 12.5. The molecule has 0 saturated carbocycles. The Morgan fingerprint density at radius 2 is 2.09 bits per heavy atom. The van der Waals surface area contributed by atoms with Gasteiger partial charge in [0.05, 0.1) is 12.3 Å². The number of likely N-dealkylation sites (N-methyl/N-ethyl adjacent to an activating group) is 1. The SMILES string of the molecule is CCNC(=O)[C@H]1CN(C2CC=C(c3nc(C)c(C)s3)CC2)C(Cc2ccc(Cl)cc2)CO1. The van der Waals surface area contributed by atoms with E-state index in [1.807, 2.05) is 19.1 Å². The van der Waals surface area contributed by atoms with Crippen LogP contribution in [0.4, 0.5) is 0 Å². The van der Waals surface area contributed by atoms with Crippen LogP contribution in [0.5, 0.6) is 0 Å². The van der Waals surface area contributed by atoms with E-state index in [1.54, 1.807) is 11.3 Å². The number of rotatable bonds is 6. The smallest absolute Gasteiger partial charge is 0.250 e. The molecule has 1 saturated heterocycles. The standard InChI is InChI=1S/C25H32ClN3O2S/c1-4-27-24(30)23-14-29(22(15-31-23)13-18-5-9-20(26)10-6-18)21-11-7-19(8-12-21)25-28-16(2)17(3)32-25/h5-7,9-10,21-23H,4,8,11-15H2,1-3H3,(H,27,30)/t21?,22?,23-/m1/s1. The molecule has 7 heteroatoms. The number of carbonyl (C=O) groups excluding carboxylic acids is 1. The van der Waals surface area contributed by atoms with Gasteiger partial charge in [-0.2, -0.15) is 0 Å². The van der Waals surface area contributed by atoms with Gasteiger partial charge in [-0.05, 0) is 69.7 Å². The molecule has 1 aliphatic carbocycles. The minimum atomic E-state index is -0.411. The van der Waals surface area contributed by atoms with Crippen LogP contribution in [0.2, 0.25) is 5.02 Å². The molecule has 1 N–H and O–H groups in total. The first-order chi connectivity index (χ1) is 15.4. The Bertz CT molecular complexity index is 953. The number of benzene rings is 1. The number of carbonyl (C=O) groups is 1. The number of thiazole rings is 1. The van der Waals surface area contributed by atoms with Crippen LogP contribution < -0.4 is 5.32 Å². The van der Waals surface area contributed by atoms with E-state index in [2.05, 4.69) is 42.3 Å². The van der Waals surface area contributed by atoms with Crippen molar-refractivity contribution >= 4 is 34.4 Å². The average molecular weight is 474 g/mol. The van der Waals surface area contributed by atoms with E-state index >= 15 is 0 Å². The van der Waals surface area contributed by atoms with E-state index in [1.165, 1.54) is 21.0 Å². The molecule has 172 valence electrons. The third-order valence-corrected chi connectivity index (χ3v) is 7.92. The van der Waals surface area contributed by atoms with Gasteiger partial charge in [-0.3, -0.25) is 9.69 Å². The Labute approximate surface area is 199 Å². The van der Waals surface area contributed by atoms with E-state index in [9.17, 15) is 4.79 Å². The Hall–Kier alpha value is -1.73. The molecule has 1 aromatic carbocycles. The number of nitrogens with zero attached hydrogens (tertiary/aromatic N) is 2. The van der Waals surface area contributed by atoms with E-state index in [4.69, 9.17) is 21.3 Å². The van der Waals surface area contributed by atoms with Crippen LogP contribution in [0.1, 0.15) is 47.3 Å². The van der Waals surface area contributed by atoms with Gasteiger partial charge in [0, 0.05) is 35.1 Å². The Kier molecular flexibility index (Phi) is 7.66. The van der Waals surface area contributed by atoms with E-state index < -0.39 is 6.10 Å². The van der Waals surface area contributed by atoms with E-state index in [-0.39, 0.29) is 11.9 Å². The average Bonchev–Trinajstić information content (AvgIpc) is 3.14. The van der Waals surface area contributed by atoms with Gasteiger partial charge in [0.15, 0.2) is 0 Å². The van der Waals surface area contributed by atoms with Crippen molar-refractivity contribution in [3.63, 3.8) is 0 Å². The summed E-state index contributed by atoms with van der Waals surface area (Å²) in [6.07, 6.45) is 5.91. The monoisotopic (exact) mass is 473 g/mol. The lowest BCUT2D eigenvalue weighted by molar-refractivity contribution is -0.144. The zero-order valence-corrected chi connectivity index (χ0v) is 20.6. The fourth-order valence-electron chi connectivity index (χ4n) is 4.60. The molecule has 2 heterocycles. The second kappa shape index (κ2) is 10.5. The van der Waals surface area contributed by atoms with Gasteiger partial charge in [0.2, 0.25) is 5.91 Å². The molecule has 5 nitrogen and oxygen atoms in total. The van der Waals surface area contributed by atoms with Crippen molar-refractivity contribution in [3.8, 4) is 0 Å². The molecule has 1 amide bonds. The van der Waals surface area contributed by atoms with Crippen molar-refractivity contribution in [2.45, 2.75) is 64.6 Å². The number of amides is 1. The fourth-order valence-corrected chi connectivity index (χ4v) is 5.71. The molecule has 3 atom stereocenters. The van der Waals surface area contributed by atoms with Crippen LogP contribution in [0.15, 0.2) is 30.3 Å². The number of halogens is 1. The summed E-state index contributed by atoms with van der Waals surface area (Å²) in [5.41, 5.74) is 3.74. The summed E-state index contributed by atoms with van der Waals surface area (Å²) >= 11 is 7.87. The second-order valence-electron chi connectivity index (χ2n) is 8.72. The lowest BCUT2D eigenvalue weighted by Gasteiger charge is -2.44. The first-order valence-corrected chi connectivity index (χ1v) is 12.7. The molecule has 0 radical (unpaired) electrons. The summed E-state index contributed by atoms with van der Waals surface area (Å²) in [6, 6.07) is 8.70. The molecule has 2 unspecified atom stereocenters. The number of nitrogens with one attached hydrogen (secondary N) is 1. The van der Waals surface area contributed by atoms with Crippen molar-refractivity contribution in [3.05, 3.63) is 56.5 Å². The van der Waals surface area contributed by atoms with Gasteiger partial charge in [-0.25, -0.2) is 4.98 Å². The van der Waals surface area contributed by atoms with Gasteiger partial charge in [0.25, 0.3) is 0 Å². The van der Waals surface area contributed by atoms with Crippen molar-refractivity contribution in [2.24, 2.45) is 0 Å². The van der Waals surface area contributed by atoms with Crippen LogP contribution in [0.25, 0.3) is 5.57 Å².